The Morgan fingerprint density at radius 3 is 3.12 bits per heavy atom. The molecule has 2 aromatic heterocycles. The van der Waals surface area contributed by atoms with Crippen molar-refractivity contribution in [2.24, 2.45) is 0 Å². The summed E-state index contributed by atoms with van der Waals surface area (Å²) in [4.78, 5) is 4.21. The zero-order valence-corrected chi connectivity index (χ0v) is 10.1. The zero-order valence-electron chi connectivity index (χ0n) is 9.26. The Morgan fingerprint density at radius 2 is 2.38 bits per heavy atom. The monoisotopic (exact) mass is 237 g/mol. The summed E-state index contributed by atoms with van der Waals surface area (Å²) in [6.45, 7) is 4.64. The van der Waals surface area contributed by atoms with Gasteiger partial charge in [-0.15, -0.1) is 16.4 Å². The van der Waals surface area contributed by atoms with Crippen molar-refractivity contribution in [3.8, 4) is 0 Å². The van der Waals surface area contributed by atoms with Gasteiger partial charge in [0.1, 0.15) is 0 Å². The SMILES string of the molecule is CCCNCc1cn(Cc2cscn2)nn1. The van der Waals surface area contributed by atoms with E-state index >= 15 is 0 Å². The first kappa shape index (κ1) is 11.2. The quantitative estimate of drug-likeness (QED) is 0.769. The van der Waals surface area contributed by atoms with E-state index in [0.717, 1.165) is 30.9 Å². The predicted molar refractivity (Wildman–Crippen MR) is 63.2 cm³/mol. The van der Waals surface area contributed by atoms with Crippen LogP contribution in [0.5, 0.6) is 0 Å². The van der Waals surface area contributed by atoms with E-state index in [1.165, 1.54) is 0 Å². The second-order valence-corrected chi connectivity index (χ2v) is 4.28. The van der Waals surface area contributed by atoms with Crippen LogP contribution in [-0.2, 0) is 13.1 Å². The molecular weight excluding hydrogens is 222 g/mol. The molecule has 0 atom stereocenters. The van der Waals surface area contributed by atoms with Crippen molar-refractivity contribution >= 4 is 11.3 Å². The van der Waals surface area contributed by atoms with Crippen molar-refractivity contribution in [2.75, 3.05) is 6.54 Å². The van der Waals surface area contributed by atoms with Gasteiger partial charge in [0.05, 0.1) is 29.6 Å². The second-order valence-electron chi connectivity index (χ2n) is 3.56. The van der Waals surface area contributed by atoms with Crippen LogP contribution < -0.4 is 5.32 Å². The van der Waals surface area contributed by atoms with Crippen LogP contribution >= 0.6 is 11.3 Å². The van der Waals surface area contributed by atoms with Crippen LogP contribution in [0.2, 0.25) is 0 Å². The third-order valence-corrected chi connectivity index (χ3v) is 2.76. The molecule has 0 fully saturated rings. The predicted octanol–water partition coefficient (Wildman–Crippen LogP) is 1.28. The molecule has 2 aromatic rings. The summed E-state index contributed by atoms with van der Waals surface area (Å²) in [5.41, 5.74) is 3.84. The highest BCUT2D eigenvalue weighted by Crippen LogP contribution is 2.03. The van der Waals surface area contributed by atoms with Gasteiger partial charge in [-0.25, -0.2) is 9.67 Å². The Labute approximate surface area is 98.5 Å². The Hall–Kier alpha value is -1.27. The molecule has 2 heterocycles. The van der Waals surface area contributed by atoms with Crippen LogP contribution in [0.4, 0.5) is 0 Å². The lowest BCUT2D eigenvalue weighted by Gasteiger charge is -1.97. The topological polar surface area (TPSA) is 55.6 Å². The number of hydrogen-bond acceptors (Lipinski definition) is 5. The highest BCUT2D eigenvalue weighted by atomic mass is 32.1. The summed E-state index contributed by atoms with van der Waals surface area (Å²) >= 11 is 1.60. The summed E-state index contributed by atoms with van der Waals surface area (Å²) in [5.74, 6) is 0. The smallest absolute Gasteiger partial charge is 0.0964 e. The van der Waals surface area contributed by atoms with E-state index in [2.05, 4.69) is 27.5 Å². The molecule has 0 aliphatic carbocycles. The molecule has 2 rings (SSSR count). The van der Waals surface area contributed by atoms with Crippen molar-refractivity contribution in [1.29, 1.82) is 0 Å². The lowest BCUT2D eigenvalue weighted by Crippen LogP contribution is -2.13. The molecule has 0 bridgehead atoms. The van der Waals surface area contributed by atoms with E-state index < -0.39 is 0 Å². The minimum atomic E-state index is 0.699. The standard InChI is InChI=1S/C10H15N5S/c1-2-3-11-4-9-5-15(14-13-9)6-10-7-16-8-12-10/h5,7-8,11H,2-4,6H2,1H3. The van der Waals surface area contributed by atoms with Crippen LogP contribution in [0.25, 0.3) is 0 Å². The third kappa shape index (κ3) is 3.11. The summed E-state index contributed by atoms with van der Waals surface area (Å²) < 4.78 is 1.82. The Balaban J connectivity index is 1.87. The first-order valence-electron chi connectivity index (χ1n) is 5.35. The van der Waals surface area contributed by atoms with Crippen LogP contribution in [-0.4, -0.2) is 26.5 Å². The van der Waals surface area contributed by atoms with Gasteiger partial charge in [0.25, 0.3) is 0 Å². The molecule has 0 radical (unpaired) electrons. The number of aromatic nitrogens is 4. The van der Waals surface area contributed by atoms with Crippen LogP contribution in [0.3, 0.4) is 0 Å². The molecule has 0 amide bonds. The van der Waals surface area contributed by atoms with Gasteiger partial charge in [0, 0.05) is 11.9 Å². The molecule has 0 spiro atoms. The number of rotatable bonds is 6. The summed E-state index contributed by atoms with van der Waals surface area (Å²) in [6, 6.07) is 0. The van der Waals surface area contributed by atoms with Gasteiger partial charge in [-0.1, -0.05) is 12.1 Å². The third-order valence-electron chi connectivity index (χ3n) is 2.13. The maximum atomic E-state index is 4.21. The summed E-state index contributed by atoms with van der Waals surface area (Å²) in [6.07, 6.45) is 3.09. The van der Waals surface area contributed by atoms with E-state index in [1.54, 1.807) is 11.3 Å². The molecule has 0 unspecified atom stereocenters. The lowest BCUT2D eigenvalue weighted by molar-refractivity contribution is 0.638. The molecule has 0 aliphatic rings. The maximum Gasteiger partial charge on any atom is 0.0964 e. The van der Waals surface area contributed by atoms with E-state index in [4.69, 9.17) is 0 Å². The highest BCUT2D eigenvalue weighted by Gasteiger charge is 2.01. The molecule has 0 saturated heterocycles. The van der Waals surface area contributed by atoms with E-state index in [-0.39, 0.29) is 0 Å². The minimum Gasteiger partial charge on any atom is -0.311 e. The average molecular weight is 237 g/mol. The fraction of sp³-hybridized carbons (Fsp3) is 0.500. The molecule has 5 nitrogen and oxygen atoms in total. The van der Waals surface area contributed by atoms with Crippen LogP contribution in [0.1, 0.15) is 24.7 Å². The molecule has 1 N–H and O–H groups in total. The molecule has 0 aliphatic heterocycles. The van der Waals surface area contributed by atoms with Gasteiger partial charge in [-0.05, 0) is 13.0 Å². The Kier molecular flexibility index (Phi) is 4.01. The van der Waals surface area contributed by atoms with Crippen molar-refractivity contribution < 1.29 is 0 Å². The van der Waals surface area contributed by atoms with Crippen molar-refractivity contribution in [2.45, 2.75) is 26.4 Å². The lowest BCUT2D eigenvalue weighted by atomic mass is 10.4. The summed E-state index contributed by atoms with van der Waals surface area (Å²) in [7, 11) is 0. The Morgan fingerprint density at radius 1 is 1.44 bits per heavy atom. The fourth-order valence-corrected chi connectivity index (χ4v) is 1.92. The second kappa shape index (κ2) is 5.72. The van der Waals surface area contributed by atoms with Crippen molar-refractivity contribution in [3.05, 3.63) is 28.5 Å². The number of nitrogens with one attached hydrogen (secondary N) is 1. The molecule has 0 saturated carbocycles. The van der Waals surface area contributed by atoms with Gasteiger partial charge in [-0.3, -0.25) is 0 Å². The fourth-order valence-electron chi connectivity index (χ4n) is 1.37. The van der Waals surface area contributed by atoms with E-state index in [0.29, 0.717) is 6.54 Å². The normalized spacial score (nSPS) is 10.8. The van der Waals surface area contributed by atoms with Gasteiger partial charge < -0.3 is 5.32 Å². The highest BCUT2D eigenvalue weighted by molar-refractivity contribution is 7.07. The zero-order chi connectivity index (χ0) is 11.2. The van der Waals surface area contributed by atoms with E-state index in [1.807, 2.05) is 21.8 Å². The molecule has 0 aromatic carbocycles. The van der Waals surface area contributed by atoms with Gasteiger partial charge >= 0.3 is 0 Å². The van der Waals surface area contributed by atoms with Crippen molar-refractivity contribution in [3.63, 3.8) is 0 Å². The maximum absolute atomic E-state index is 4.21. The summed E-state index contributed by atoms with van der Waals surface area (Å²) in [5, 5.41) is 13.5. The first-order valence-corrected chi connectivity index (χ1v) is 6.29. The van der Waals surface area contributed by atoms with Crippen LogP contribution in [0, 0.1) is 0 Å². The van der Waals surface area contributed by atoms with Crippen LogP contribution in [0.15, 0.2) is 17.1 Å². The largest absolute Gasteiger partial charge is 0.311 e. The number of thiazole rings is 1. The number of hydrogen-bond donors (Lipinski definition) is 1. The minimum absolute atomic E-state index is 0.699. The van der Waals surface area contributed by atoms with Crippen molar-refractivity contribution in [1.82, 2.24) is 25.3 Å². The van der Waals surface area contributed by atoms with Gasteiger partial charge in [0.15, 0.2) is 0 Å². The molecule has 16 heavy (non-hydrogen) atoms. The van der Waals surface area contributed by atoms with Gasteiger partial charge in [0.2, 0.25) is 0 Å². The number of nitrogens with zero attached hydrogens (tertiary/aromatic N) is 4. The average Bonchev–Trinajstić information content (AvgIpc) is 2.91. The van der Waals surface area contributed by atoms with Gasteiger partial charge in [-0.2, -0.15) is 0 Å². The van der Waals surface area contributed by atoms with E-state index in [9.17, 15) is 0 Å². The first-order chi connectivity index (χ1) is 7.88. The molecular formula is C10H15N5S. The Bertz CT molecular complexity index is 409. The molecule has 6 heteroatoms. The molecule has 86 valence electrons.